The van der Waals surface area contributed by atoms with Crippen LogP contribution in [0.5, 0.6) is 0 Å². The number of hydrogen-bond donors (Lipinski definition) is 0. The Morgan fingerprint density at radius 2 is 1.82 bits per heavy atom. The number of aromatic nitrogens is 1. The van der Waals surface area contributed by atoms with Gasteiger partial charge in [-0.15, -0.1) is 0 Å². The van der Waals surface area contributed by atoms with E-state index in [1.807, 2.05) is 6.07 Å². The molecule has 0 amide bonds. The summed E-state index contributed by atoms with van der Waals surface area (Å²) in [6.07, 6.45) is 25.3. The Hall–Kier alpha value is -3.83. The van der Waals surface area contributed by atoms with Gasteiger partial charge in [-0.25, -0.2) is 0 Å². The molecule has 0 aliphatic heterocycles. The smallest absolute Gasteiger partial charge is 0.144 e. The second-order valence-electron chi connectivity index (χ2n) is 21.3. The highest BCUT2D eigenvalue weighted by atomic mass is 127. The molecule has 2 aromatic heterocycles. The molecule has 3 nitrogen and oxygen atoms in total. The molecule has 9 rings (SSSR count). The van der Waals surface area contributed by atoms with E-state index in [1.54, 1.807) is 5.57 Å². The van der Waals surface area contributed by atoms with Crippen LogP contribution in [-0.4, -0.2) is 40.2 Å². The molecule has 5 heteroatoms. The van der Waals surface area contributed by atoms with Gasteiger partial charge in [-0.2, -0.15) is 0 Å². The van der Waals surface area contributed by atoms with Crippen LogP contribution < -0.4 is 0 Å². The molecule has 316 valence electrons. The molecule has 61 heavy (non-hydrogen) atoms. The number of para-hydroxylation sites is 1. The van der Waals surface area contributed by atoms with Gasteiger partial charge in [-0.1, -0.05) is 168 Å². The van der Waals surface area contributed by atoms with Crippen molar-refractivity contribution in [2.24, 2.45) is 11.3 Å². The van der Waals surface area contributed by atoms with Crippen LogP contribution in [-0.2, 0) is 18.3 Å². The third-order valence-corrected chi connectivity index (χ3v) is 23.3. The van der Waals surface area contributed by atoms with E-state index in [0.29, 0.717) is 3.55 Å². The number of alkyl halides is 1. The zero-order valence-electron chi connectivity index (χ0n) is 38.5. The molecule has 0 bridgehead atoms. The topological polar surface area (TPSA) is 21.3 Å². The van der Waals surface area contributed by atoms with Crippen molar-refractivity contribution in [3.63, 3.8) is 0 Å². The lowest BCUT2D eigenvalue weighted by atomic mass is 9.55. The van der Waals surface area contributed by atoms with Crippen LogP contribution in [0, 0.1) is 23.5 Å². The molecular weight excluding hydrogens is 872 g/mol. The second-order valence-corrected chi connectivity index (χ2v) is 29.4. The largest absolute Gasteiger partial charge is 0.459 e. The number of allylic oxidation sites excluding steroid dienone is 6. The van der Waals surface area contributed by atoms with E-state index in [0.717, 1.165) is 67.4 Å². The summed E-state index contributed by atoms with van der Waals surface area (Å²) in [5.41, 5.74) is 15.9. The molecular formula is C56H65IN2OSi. The Labute approximate surface area is 380 Å². The molecule has 0 fully saturated rings. The minimum absolute atomic E-state index is 0.00545. The van der Waals surface area contributed by atoms with Crippen LogP contribution in [0.4, 0.5) is 0 Å². The summed E-state index contributed by atoms with van der Waals surface area (Å²) in [6.45, 7) is 25.7. The van der Waals surface area contributed by atoms with Crippen molar-refractivity contribution in [1.82, 2.24) is 9.47 Å². The van der Waals surface area contributed by atoms with Gasteiger partial charge in [-0.3, -0.25) is 4.90 Å². The maximum Gasteiger partial charge on any atom is 0.144 e. The number of likely N-dealkylation sites (N-methyl/N-ethyl adjacent to an activating group) is 1. The van der Waals surface area contributed by atoms with Gasteiger partial charge < -0.3 is 8.98 Å². The first-order chi connectivity index (χ1) is 28.9. The standard InChI is InChI=1S/C56H65IN2OSi/c1-12-41-45-32-37-23-16-17-24-38(37)33-47(45)59(51-42(36-21-14-13-15-22-36)26-20-27-46(51)54(2,3)4)52(41)50-39(29-30-44-43-25-18-19-28-48(43)60-53(44)50)31-40-34-56(7,55(40,5)6)58(8)35-49(57)61(9,10)11/h13-14,16,19-21,23,26-30,32-34,39,49-50H,12,15,17,22,24,31,35H2,1-11H3. The van der Waals surface area contributed by atoms with Crippen molar-refractivity contribution in [2.75, 3.05) is 13.6 Å². The summed E-state index contributed by atoms with van der Waals surface area (Å²) >= 11 is 2.74. The second kappa shape index (κ2) is 15.5. The van der Waals surface area contributed by atoms with Crippen molar-refractivity contribution in [3.8, 4) is 5.69 Å². The van der Waals surface area contributed by atoms with Crippen LogP contribution in [0.2, 0.25) is 19.6 Å². The minimum atomic E-state index is -1.29. The highest BCUT2D eigenvalue weighted by molar-refractivity contribution is 14.1. The van der Waals surface area contributed by atoms with E-state index in [-0.39, 0.29) is 28.2 Å². The number of hydrogen-bond acceptors (Lipinski definition) is 2. The van der Waals surface area contributed by atoms with Crippen molar-refractivity contribution in [2.45, 2.75) is 127 Å². The quantitative estimate of drug-likeness (QED) is 0.0602. The lowest BCUT2D eigenvalue weighted by molar-refractivity contribution is 0.0499. The van der Waals surface area contributed by atoms with E-state index in [2.05, 4.69) is 204 Å². The van der Waals surface area contributed by atoms with Gasteiger partial charge in [0.1, 0.15) is 11.3 Å². The monoisotopic (exact) mass is 936 g/mol. The Bertz CT molecular complexity index is 2700. The summed E-state index contributed by atoms with van der Waals surface area (Å²) in [6, 6.07) is 23.0. The molecule has 4 aliphatic rings. The zero-order valence-corrected chi connectivity index (χ0v) is 41.7. The molecule has 0 spiro atoms. The number of benzene rings is 2. The van der Waals surface area contributed by atoms with Gasteiger partial charge in [0, 0.05) is 43.3 Å². The number of nitrogens with zero attached hydrogens (tertiary/aromatic N) is 2. The molecule has 2 heterocycles. The fraction of sp³-hybridized carbons (Fsp3) is 0.429. The molecule has 4 atom stereocenters. The summed E-state index contributed by atoms with van der Waals surface area (Å²) in [7, 11) is 1.07. The molecule has 0 saturated carbocycles. The highest BCUT2D eigenvalue weighted by Gasteiger charge is 2.54. The first-order valence-corrected chi connectivity index (χ1v) is 27.7. The van der Waals surface area contributed by atoms with Gasteiger partial charge in [0.25, 0.3) is 0 Å². The maximum atomic E-state index is 7.19. The first kappa shape index (κ1) is 42.5. The van der Waals surface area contributed by atoms with Crippen molar-refractivity contribution in [1.29, 1.82) is 0 Å². The van der Waals surface area contributed by atoms with Crippen LogP contribution in [0.3, 0.4) is 0 Å². The molecule has 5 aromatic rings. The van der Waals surface area contributed by atoms with E-state index >= 15 is 0 Å². The number of aryl methyl sites for hydroxylation is 2. The van der Waals surface area contributed by atoms with Crippen molar-refractivity contribution < 1.29 is 4.42 Å². The number of halogens is 1. The minimum Gasteiger partial charge on any atom is -0.459 e. The SMILES string of the molecule is CCc1c(C2c3oc4ccc#cc4c3C=CC2CC2=CC(C)(N(C)CC(I)[Si](C)(C)C)C2(C)C)n(-c2c(C3=CC=CCC3)cccc2C(C)(C)C)c2cc3c(cc12)C=CCC3. The predicted molar refractivity (Wildman–Crippen MR) is 272 cm³/mol. The van der Waals surface area contributed by atoms with Gasteiger partial charge in [-0.05, 0) is 116 Å². The first-order valence-electron chi connectivity index (χ1n) is 22.9. The zero-order chi connectivity index (χ0) is 43.2. The van der Waals surface area contributed by atoms with Crippen LogP contribution >= 0.6 is 22.6 Å². The average Bonchev–Trinajstić information content (AvgIpc) is 3.76. The molecule has 4 aliphatic carbocycles. The Morgan fingerprint density at radius 3 is 2.52 bits per heavy atom. The summed E-state index contributed by atoms with van der Waals surface area (Å²) < 4.78 is 10.6. The van der Waals surface area contributed by atoms with Gasteiger partial charge >= 0.3 is 0 Å². The van der Waals surface area contributed by atoms with E-state index in [1.165, 1.54) is 55.7 Å². The third-order valence-electron chi connectivity index (χ3n) is 15.2. The Morgan fingerprint density at radius 1 is 1.03 bits per heavy atom. The molecule has 0 saturated heterocycles. The lowest BCUT2D eigenvalue weighted by Crippen LogP contribution is -2.62. The molecule has 3 aromatic carbocycles. The van der Waals surface area contributed by atoms with Crippen LogP contribution in [0.1, 0.15) is 125 Å². The molecule has 0 radical (unpaired) electrons. The van der Waals surface area contributed by atoms with Crippen molar-refractivity contribution in [3.05, 3.63) is 141 Å². The Balaban J connectivity index is 1.32. The normalized spacial score (nSPS) is 22.5. The molecule has 4 unspecified atom stereocenters. The van der Waals surface area contributed by atoms with Crippen LogP contribution in [0.15, 0.2) is 88.9 Å². The number of rotatable bonds is 10. The van der Waals surface area contributed by atoms with E-state index < -0.39 is 8.07 Å². The maximum absolute atomic E-state index is 7.19. The average molecular weight is 937 g/mol. The fourth-order valence-corrected chi connectivity index (χ4v) is 12.3. The van der Waals surface area contributed by atoms with E-state index in [4.69, 9.17) is 4.42 Å². The van der Waals surface area contributed by atoms with Crippen molar-refractivity contribution >= 4 is 70.3 Å². The number of furan rings is 1. The number of fused-ring (bicyclic) bond motifs is 5. The predicted octanol–water partition coefficient (Wildman–Crippen LogP) is 15.0. The summed E-state index contributed by atoms with van der Waals surface area (Å²) in [4.78, 5) is 2.66. The highest BCUT2D eigenvalue weighted by Crippen LogP contribution is 2.57. The van der Waals surface area contributed by atoms with Gasteiger partial charge in [0.05, 0.1) is 30.6 Å². The lowest BCUT2D eigenvalue weighted by Gasteiger charge is -2.58. The Kier molecular flexibility index (Phi) is 10.8. The summed E-state index contributed by atoms with van der Waals surface area (Å²) in [5.74, 6) is 1.22. The van der Waals surface area contributed by atoms with Crippen LogP contribution in [0.25, 0.3) is 45.3 Å². The summed E-state index contributed by atoms with van der Waals surface area (Å²) in [5, 5.41) is 2.40. The molecule has 0 N–H and O–H groups in total. The third kappa shape index (κ3) is 7.02. The van der Waals surface area contributed by atoms with Gasteiger partial charge in [0.15, 0.2) is 0 Å². The van der Waals surface area contributed by atoms with E-state index in [9.17, 15) is 0 Å². The fourth-order valence-electron chi connectivity index (χ4n) is 10.9. The van der Waals surface area contributed by atoms with Gasteiger partial charge in [0.2, 0.25) is 0 Å².